The van der Waals surface area contributed by atoms with Gasteiger partial charge in [-0.15, -0.1) is 0 Å². The van der Waals surface area contributed by atoms with Crippen molar-refractivity contribution in [2.45, 2.75) is 6.61 Å². The summed E-state index contributed by atoms with van der Waals surface area (Å²) in [6, 6.07) is 12.9. The molecule has 0 heterocycles. The lowest BCUT2D eigenvalue weighted by molar-refractivity contribution is 0.282. The van der Waals surface area contributed by atoms with Crippen molar-refractivity contribution in [3.63, 3.8) is 0 Å². The molecule has 0 spiro atoms. The number of benzene rings is 2. The van der Waals surface area contributed by atoms with Gasteiger partial charge >= 0.3 is 0 Å². The molecule has 3 heteroatoms. The van der Waals surface area contributed by atoms with Crippen LogP contribution in [-0.4, -0.2) is 5.11 Å². The number of halogens is 1. The fourth-order valence-electron chi connectivity index (χ4n) is 1.59. The topological polar surface area (TPSA) is 46.2 Å². The Morgan fingerprint density at radius 3 is 2.75 bits per heavy atom. The van der Waals surface area contributed by atoms with Gasteiger partial charge in [0, 0.05) is 5.56 Å². The summed E-state index contributed by atoms with van der Waals surface area (Å²) in [5.74, 6) is -0.497. The lowest BCUT2D eigenvalue weighted by Gasteiger charge is -2.09. The summed E-state index contributed by atoms with van der Waals surface area (Å²) in [6.45, 7) is -0.141. The third-order valence-corrected chi connectivity index (χ3v) is 2.42. The Morgan fingerprint density at radius 1 is 1.25 bits per heavy atom. The summed E-state index contributed by atoms with van der Waals surface area (Å²) in [5, 5.41) is 9.17. The molecule has 0 aliphatic carbocycles. The first kappa shape index (κ1) is 10.6. The Kier molecular flexibility index (Phi) is 2.88. The van der Waals surface area contributed by atoms with Gasteiger partial charge < -0.3 is 10.8 Å². The van der Waals surface area contributed by atoms with Crippen LogP contribution in [0.25, 0.3) is 11.1 Å². The maximum Gasteiger partial charge on any atom is 0.154 e. The highest BCUT2D eigenvalue weighted by Crippen LogP contribution is 2.28. The number of nitrogens with two attached hydrogens (primary N) is 1. The molecule has 2 nitrogen and oxygen atoms in total. The minimum Gasteiger partial charge on any atom is -0.396 e. The van der Waals surface area contributed by atoms with E-state index in [2.05, 4.69) is 6.07 Å². The van der Waals surface area contributed by atoms with Crippen LogP contribution in [0.15, 0.2) is 36.4 Å². The second-order valence-corrected chi connectivity index (χ2v) is 3.44. The molecule has 2 rings (SSSR count). The quantitative estimate of drug-likeness (QED) is 0.757. The van der Waals surface area contributed by atoms with E-state index in [1.54, 1.807) is 30.3 Å². The molecule has 0 fully saturated rings. The molecule has 3 N–H and O–H groups in total. The molecule has 81 valence electrons. The van der Waals surface area contributed by atoms with Crippen molar-refractivity contribution in [1.29, 1.82) is 0 Å². The Balaban J connectivity index is 2.63. The highest BCUT2D eigenvalue weighted by atomic mass is 19.1. The molecule has 2 aromatic carbocycles. The van der Waals surface area contributed by atoms with Crippen LogP contribution in [0.3, 0.4) is 0 Å². The third kappa shape index (κ3) is 1.77. The molecule has 0 atom stereocenters. The average molecular weight is 216 g/mol. The lowest BCUT2D eigenvalue weighted by atomic mass is 9.99. The third-order valence-electron chi connectivity index (χ3n) is 2.42. The van der Waals surface area contributed by atoms with Crippen molar-refractivity contribution in [3.05, 3.63) is 53.8 Å². The first-order valence-corrected chi connectivity index (χ1v) is 4.89. The molecule has 0 unspecified atom stereocenters. The van der Waals surface area contributed by atoms with E-state index in [0.29, 0.717) is 16.7 Å². The van der Waals surface area contributed by atoms with Crippen molar-refractivity contribution in [2.24, 2.45) is 0 Å². The van der Waals surface area contributed by atoms with E-state index in [4.69, 9.17) is 5.73 Å². The van der Waals surface area contributed by atoms with Crippen LogP contribution < -0.4 is 5.73 Å². The van der Waals surface area contributed by atoms with Crippen molar-refractivity contribution < 1.29 is 9.50 Å². The summed E-state index contributed by atoms with van der Waals surface area (Å²) >= 11 is 0. The molecule has 0 aliphatic heterocycles. The Hall–Kier alpha value is -1.87. The number of rotatable bonds is 2. The molecule has 0 saturated heterocycles. The van der Waals surface area contributed by atoms with Gasteiger partial charge in [0.25, 0.3) is 0 Å². The Morgan fingerprint density at radius 2 is 2.00 bits per heavy atom. The normalized spacial score (nSPS) is 10.4. The lowest BCUT2D eigenvalue weighted by Crippen LogP contribution is -1.96. The van der Waals surface area contributed by atoms with Gasteiger partial charge in [-0.05, 0) is 23.3 Å². The molecule has 2 aromatic rings. The zero-order valence-electron chi connectivity index (χ0n) is 8.57. The van der Waals surface area contributed by atoms with Crippen LogP contribution in [-0.2, 0) is 6.61 Å². The van der Waals surface area contributed by atoms with Gasteiger partial charge in [0.1, 0.15) is 0 Å². The van der Waals surface area contributed by atoms with Crippen LogP contribution in [0.5, 0.6) is 0 Å². The smallest absolute Gasteiger partial charge is 0.154 e. The Labute approximate surface area is 93.2 Å². The fourth-order valence-corrected chi connectivity index (χ4v) is 1.59. The van der Waals surface area contributed by atoms with E-state index in [9.17, 15) is 9.50 Å². The van der Waals surface area contributed by atoms with Crippen LogP contribution in [0.2, 0.25) is 0 Å². The number of aliphatic hydroxyl groups is 1. The minimum absolute atomic E-state index is 0.0847. The first-order valence-electron chi connectivity index (χ1n) is 4.89. The summed E-state index contributed by atoms with van der Waals surface area (Å²) in [4.78, 5) is 0. The van der Waals surface area contributed by atoms with E-state index >= 15 is 0 Å². The predicted molar refractivity (Wildman–Crippen MR) is 61.0 cm³/mol. The van der Waals surface area contributed by atoms with Gasteiger partial charge in [-0.1, -0.05) is 30.3 Å². The number of hydrogen-bond donors (Lipinski definition) is 2. The average Bonchev–Trinajstić information content (AvgIpc) is 2.33. The number of anilines is 1. The fraction of sp³-hybridized carbons (Fsp3) is 0.0769. The van der Waals surface area contributed by atoms with Gasteiger partial charge in [-0.2, -0.15) is 0 Å². The molecule has 16 heavy (non-hydrogen) atoms. The number of aliphatic hydroxyl groups excluding tert-OH is 1. The number of hydrogen-bond acceptors (Lipinski definition) is 2. The maximum atomic E-state index is 13.8. The van der Waals surface area contributed by atoms with E-state index in [0.717, 1.165) is 0 Å². The van der Waals surface area contributed by atoms with Crippen LogP contribution in [0, 0.1) is 11.9 Å². The monoisotopic (exact) mass is 216 g/mol. The second-order valence-electron chi connectivity index (χ2n) is 3.44. The molecule has 0 saturated carbocycles. The number of nitrogen functional groups attached to an aromatic ring is 1. The highest BCUT2D eigenvalue weighted by molar-refractivity contribution is 5.70. The summed E-state index contributed by atoms with van der Waals surface area (Å²) < 4.78 is 13.8. The van der Waals surface area contributed by atoms with Crippen molar-refractivity contribution in [2.75, 3.05) is 5.73 Å². The van der Waals surface area contributed by atoms with Crippen molar-refractivity contribution >= 4 is 5.69 Å². The van der Waals surface area contributed by atoms with Crippen molar-refractivity contribution in [3.8, 4) is 11.1 Å². The van der Waals surface area contributed by atoms with Crippen LogP contribution in [0.4, 0.5) is 10.1 Å². The van der Waals surface area contributed by atoms with E-state index in [-0.39, 0.29) is 12.3 Å². The first-order chi connectivity index (χ1) is 7.74. The van der Waals surface area contributed by atoms with Crippen LogP contribution >= 0.6 is 0 Å². The summed E-state index contributed by atoms with van der Waals surface area (Å²) in [6.07, 6.45) is 0. The highest BCUT2D eigenvalue weighted by Gasteiger charge is 2.10. The summed E-state index contributed by atoms with van der Waals surface area (Å²) in [7, 11) is 0. The Bertz CT molecular complexity index is 511. The van der Waals surface area contributed by atoms with Crippen molar-refractivity contribution in [1.82, 2.24) is 0 Å². The van der Waals surface area contributed by atoms with E-state index in [1.807, 2.05) is 0 Å². The van der Waals surface area contributed by atoms with E-state index in [1.165, 1.54) is 6.07 Å². The summed E-state index contributed by atoms with van der Waals surface area (Å²) in [5.41, 5.74) is 7.15. The standard InChI is InChI=1S/C13H11FNO/c14-13-11(6-3-7-12(13)15)10-5-2-1-4-9(10)8-16/h1-5,7,16H,8,15H2. The minimum atomic E-state index is -0.497. The zero-order chi connectivity index (χ0) is 11.5. The second kappa shape index (κ2) is 4.33. The van der Waals surface area contributed by atoms with Gasteiger partial charge in [0.2, 0.25) is 0 Å². The van der Waals surface area contributed by atoms with Gasteiger partial charge in [-0.25, -0.2) is 4.39 Å². The molecule has 0 aromatic heterocycles. The van der Waals surface area contributed by atoms with Gasteiger partial charge in [0.05, 0.1) is 12.3 Å². The SMILES string of the molecule is Nc1cc[c]c(-c2ccccc2CO)c1F. The largest absolute Gasteiger partial charge is 0.396 e. The predicted octanol–water partition coefficient (Wildman–Crippen LogP) is 2.37. The molecule has 1 radical (unpaired) electrons. The molecule has 0 aliphatic rings. The van der Waals surface area contributed by atoms with E-state index < -0.39 is 5.82 Å². The molecule has 0 amide bonds. The molecular formula is C13H11FNO. The molecular weight excluding hydrogens is 205 g/mol. The van der Waals surface area contributed by atoms with Crippen LogP contribution in [0.1, 0.15) is 5.56 Å². The zero-order valence-corrected chi connectivity index (χ0v) is 8.57. The van der Waals surface area contributed by atoms with Gasteiger partial charge in [-0.3, -0.25) is 0 Å². The molecule has 0 bridgehead atoms. The maximum absolute atomic E-state index is 13.8. The van der Waals surface area contributed by atoms with Gasteiger partial charge in [0.15, 0.2) is 5.82 Å².